The van der Waals surface area contributed by atoms with Crippen LogP contribution < -0.4 is 5.32 Å². The highest BCUT2D eigenvalue weighted by Gasteiger charge is 2.26. The first-order chi connectivity index (χ1) is 11.2. The number of nitrogens with zero attached hydrogens (tertiary/aromatic N) is 6. The molecule has 1 N–H and O–H groups in total. The monoisotopic (exact) mass is 317 g/mol. The lowest BCUT2D eigenvalue weighted by Crippen LogP contribution is -2.44. The van der Waals surface area contributed by atoms with E-state index in [1.165, 1.54) is 4.63 Å². The standard InChI is InChI=1S/C15H23N7O/c1-3-11(4-2)15(23)21-9-7-12(8-10-21)16-13-5-6-14-17-19-20-22(14)18-13/h5-6,11-12H,3-4,7-10H2,1-2H3,(H,16,18). The van der Waals surface area contributed by atoms with Gasteiger partial charge in [0.15, 0.2) is 5.65 Å². The van der Waals surface area contributed by atoms with Crippen LogP contribution in [0, 0.1) is 5.92 Å². The Morgan fingerprint density at radius 2 is 2.04 bits per heavy atom. The van der Waals surface area contributed by atoms with E-state index in [0.717, 1.165) is 44.6 Å². The number of carbonyl (C=O) groups is 1. The van der Waals surface area contributed by atoms with Crippen LogP contribution in [0.15, 0.2) is 12.1 Å². The highest BCUT2D eigenvalue weighted by atomic mass is 16.2. The summed E-state index contributed by atoms with van der Waals surface area (Å²) in [5.41, 5.74) is 0.626. The fourth-order valence-corrected chi connectivity index (χ4v) is 3.08. The Kier molecular flexibility index (Phi) is 4.68. The zero-order chi connectivity index (χ0) is 16.2. The Bertz CT molecular complexity index is 659. The van der Waals surface area contributed by atoms with Gasteiger partial charge in [-0.05, 0) is 48.2 Å². The number of hydrogen-bond acceptors (Lipinski definition) is 6. The van der Waals surface area contributed by atoms with E-state index >= 15 is 0 Å². The van der Waals surface area contributed by atoms with Crippen LogP contribution in [0.4, 0.5) is 5.82 Å². The highest BCUT2D eigenvalue weighted by molar-refractivity contribution is 5.78. The summed E-state index contributed by atoms with van der Waals surface area (Å²) in [6.45, 7) is 5.78. The summed E-state index contributed by atoms with van der Waals surface area (Å²) in [6.07, 6.45) is 3.70. The summed E-state index contributed by atoms with van der Waals surface area (Å²) < 4.78 is 1.41. The number of piperidine rings is 1. The van der Waals surface area contributed by atoms with E-state index in [2.05, 4.69) is 39.8 Å². The van der Waals surface area contributed by atoms with Crippen molar-refractivity contribution < 1.29 is 4.79 Å². The summed E-state index contributed by atoms with van der Waals surface area (Å²) >= 11 is 0. The molecule has 3 heterocycles. The maximum absolute atomic E-state index is 12.4. The molecule has 8 nitrogen and oxygen atoms in total. The number of tetrazole rings is 1. The van der Waals surface area contributed by atoms with E-state index in [1.54, 1.807) is 0 Å². The van der Waals surface area contributed by atoms with Crippen molar-refractivity contribution >= 4 is 17.4 Å². The predicted octanol–water partition coefficient (Wildman–Crippen LogP) is 1.36. The largest absolute Gasteiger partial charge is 0.366 e. The van der Waals surface area contributed by atoms with Crippen LogP contribution in [0.3, 0.4) is 0 Å². The molecule has 2 aromatic rings. The van der Waals surface area contributed by atoms with E-state index in [-0.39, 0.29) is 5.92 Å². The topological polar surface area (TPSA) is 88.3 Å². The number of rotatable bonds is 5. The van der Waals surface area contributed by atoms with Crippen molar-refractivity contribution in [1.82, 2.24) is 30.2 Å². The molecule has 2 aromatic heterocycles. The van der Waals surface area contributed by atoms with Crippen molar-refractivity contribution in [2.24, 2.45) is 5.92 Å². The number of likely N-dealkylation sites (tertiary alicyclic amines) is 1. The molecular formula is C15H23N7O. The number of anilines is 1. The SMILES string of the molecule is CCC(CC)C(=O)N1CCC(Nc2ccc3nnnn3n2)CC1. The van der Waals surface area contributed by atoms with Gasteiger partial charge >= 0.3 is 0 Å². The second-order valence-corrected chi connectivity index (χ2v) is 6.00. The zero-order valence-electron chi connectivity index (χ0n) is 13.6. The highest BCUT2D eigenvalue weighted by Crippen LogP contribution is 2.19. The number of amides is 1. The average molecular weight is 317 g/mol. The molecule has 0 radical (unpaired) electrons. The molecule has 0 atom stereocenters. The molecular weight excluding hydrogens is 294 g/mol. The Morgan fingerprint density at radius 1 is 1.30 bits per heavy atom. The molecule has 1 aliphatic heterocycles. The van der Waals surface area contributed by atoms with Crippen molar-refractivity contribution in [3.8, 4) is 0 Å². The van der Waals surface area contributed by atoms with Crippen LogP contribution in [-0.2, 0) is 4.79 Å². The predicted molar refractivity (Wildman–Crippen MR) is 85.9 cm³/mol. The minimum absolute atomic E-state index is 0.170. The van der Waals surface area contributed by atoms with Crippen molar-refractivity contribution in [3.05, 3.63) is 12.1 Å². The second kappa shape index (κ2) is 6.89. The van der Waals surface area contributed by atoms with Crippen LogP contribution in [0.1, 0.15) is 39.5 Å². The summed E-state index contributed by atoms with van der Waals surface area (Å²) in [5.74, 6) is 1.24. The van der Waals surface area contributed by atoms with Gasteiger partial charge in [-0.15, -0.1) is 14.8 Å². The maximum Gasteiger partial charge on any atom is 0.225 e. The van der Waals surface area contributed by atoms with E-state index in [0.29, 0.717) is 17.6 Å². The molecule has 8 heteroatoms. The van der Waals surface area contributed by atoms with Gasteiger partial charge in [-0.3, -0.25) is 4.79 Å². The minimum atomic E-state index is 0.170. The Balaban J connectivity index is 1.55. The summed E-state index contributed by atoms with van der Waals surface area (Å²) in [4.78, 5) is 14.4. The first-order valence-electron chi connectivity index (χ1n) is 8.32. The van der Waals surface area contributed by atoms with Crippen molar-refractivity contribution in [2.75, 3.05) is 18.4 Å². The van der Waals surface area contributed by atoms with Gasteiger partial charge in [-0.1, -0.05) is 13.8 Å². The smallest absolute Gasteiger partial charge is 0.225 e. The molecule has 3 rings (SSSR count). The van der Waals surface area contributed by atoms with E-state index in [4.69, 9.17) is 0 Å². The Hall–Kier alpha value is -2.25. The molecule has 23 heavy (non-hydrogen) atoms. The van der Waals surface area contributed by atoms with Gasteiger partial charge in [0, 0.05) is 25.0 Å². The lowest BCUT2D eigenvalue weighted by atomic mass is 9.98. The molecule has 0 saturated carbocycles. The van der Waals surface area contributed by atoms with E-state index in [1.807, 2.05) is 17.0 Å². The van der Waals surface area contributed by atoms with E-state index in [9.17, 15) is 4.79 Å². The quantitative estimate of drug-likeness (QED) is 0.896. The van der Waals surface area contributed by atoms with Gasteiger partial charge in [-0.25, -0.2) is 0 Å². The van der Waals surface area contributed by atoms with Gasteiger partial charge in [-0.2, -0.15) is 0 Å². The fourth-order valence-electron chi connectivity index (χ4n) is 3.08. The first-order valence-corrected chi connectivity index (χ1v) is 8.32. The number of hydrogen-bond donors (Lipinski definition) is 1. The van der Waals surface area contributed by atoms with Crippen LogP contribution in [0.5, 0.6) is 0 Å². The third-order valence-corrected chi connectivity index (χ3v) is 4.56. The van der Waals surface area contributed by atoms with Crippen LogP contribution >= 0.6 is 0 Å². The van der Waals surface area contributed by atoms with Crippen molar-refractivity contribution in [3.63, 3.8) is 0 Å². The van der Waals surface area contributed by atoms with Gasteiger partial charge in [0.1, 0.15) is 5.82 Å². The third kappa shape index (κ3) is 3.40. The molecule has 0 aromatic carbocycles. The lowest BCUT2D eigenvalue weighted by Gasteiger charge is -2.34. The molecule has 1 aliphatic rings. The first kappa shape index (κ1) is 15.6. The fraction of sp³-hybridized carbons (Fsp3) is 0.667. The van der Waals surface area contributed by atoms with E-state index < -0.39 is 0 Å². The van der Waals surface area contributed by atoms with Crippen LogP contribution in [-0.4, -0.2) is 55.2 Å². The summed E-state index contributed by atoms with van der Waals surface area (Å²) in [5, 5.41) is 19.0. The third-order valence-electron chi connectivity index (χ3n) is 4.56. The summed E-state index contributed by atoms with van der Waals surface area (Å²) in [6, 6.07) is 4.04. The number of aromatic nitrogens is 5. The average Bonchev–Trinajstić information content (AvgIpc) is 3.04. The number of nitrogens with one attached hydrogen (secondary N) is 1. The van der Waals surface area contributed by atoms with Crippen molar-refractivity contribution in [2.45, 2.75) is 45.6 Å². The van der Waals surface area contributed by atoms with Gasteiger partial charge < -0.3 is 10.2 Å². The van der Waals surface area contributed by atoms with Gasteiger partial charge in [0.05, 0.1) is 0 Å². The minimum Gasteiger partial charge on any atom is -0.366 e. The van der Waals surface area contributed by atoms with Crippen molar-refractivity contribution in [1.29, 1.82) is 0 Å². The molecule has 1 fully saturated rings. The lowest BCUT2D eigenvalue weighted by molar-refractivity contribution is -0.136. The molecule has 1 amide bonds. The zero-order valence-corrected chi connectivity index (χ0v) is 13.6. The maximum atomic E-state index is 12.4. The Morgan fingerprint density at radius 3 is 2.74 bits per heavy atom. The van der Waals surface area contributed by atoms with Crippen LogP contribution in [0.25, 0.3) is 5.65 Å². The molecule has 1 saturated heterocycles. The van der Waals surface area contributed by atoms with Crippen LogP contribution in [0.2, 0.25) is 0 Å². The molecule has 0 spiro atoms. The number of carbonyl (C=O) groups excluding carboxylic acids is 1. The second-order valence-electron chi connectivity index (χ2n) is 6.00. The van der Waals surface area contributed by atoms with Gasteiger partial charge in [0.2, 0.25) is 5.91 Å². The van der Waals surface area contributed by atoms with Gasteiger partial charge in [0.25, 0.3) is 0 Å². The molecule has 0 unspecified atom stereocenters. The normalized spacial score (nSPS) is 16.2. The number of fused-ring (bicyclic) bond motifs is 1. The molecule has 0 aliphatic carbocycles. The Labute approximate surface area is 135 Å². The summed E-state index contributed by atoms with van der Waals surface area (Å²) in [7, 11) is 0. The molecule has 124 valence electrons. The molecule has 0 bridgehead atoms.